The molecule has 3 N–H and O–H groups in total. The van der Waals surface area contributed by atoms with Crippen LogP contribution in [0.3, 0.4) is 0 Å². The Labute approximate surface area is 72.3 Å². The second-order valence-corrected chi connectivity index (χ2v) is 3.35. The second kappa shape index (κ2) is 3.76. The number of amides is 1. The quantitative estimate of drug-likeness (QED) is 0.612. The Morgan fingerprint density at radius 2 is 2.42 bits per heavy atom. The zero-order valence-corrected chi connectivity index (χ0v) is 7.36. The van der Waals surface area contributed by atoms with Gasteiger partial charge < -0.3 is 15.7 Å². The zero-order chi connectivity index (χ0) is 9.14. The molecule has 1 aliphatic heterocycles. The Kier molecular flexibility index (Phi) is 2.92. The van der Waals surface area contributed by atoms with Gasteiger partial charge in [-0.3, -0.25) is 0 Å². The highest BCUT2D eigenvalue weighted by atomic mass is 16.4. The number of nitrogens with two attached hydrogens (primary N) is 1. The van der Waals surface area contributed by atoms with Crippen LogP contribution in [0.2, 0.25) is 0 Å². The summed E-state index contributed by atoms with van der Waals surface area (Å²) in [5.41, 5.74) is 5.83. The van der Waals surface area contributed by atoms with Crippen LogP contribution in [0.5, 0.6) is 0 Å². The minimum atomic E-state index is -0.819. The normalized spacial score (nSPS) is 30.3. The molecule has 0 aromatic rings. The molecular formula is C8H16N2O2. The molecule has 2 atom stereocenters. The number of rotatable bonds is 1. The van der Waals surface area contributed by atoms with Crippen molar-refractivity contribution in [3.05, 3.63) is 0 Å². The first-order valence-corrected chi connectivity index (χ1v) is 4.38. The molecule has 0 unspecified atom stereocenters. The van der Waals surface area contributed by atoms with Crippen LogP contribution in [0.25, 0.3) is 0 Å². The van der Waals surface area contributed by atoms with E-state index in [0.29, 0.717) is 19.0 Å². The average molecular weight is 172 g/mol. The number of hydrogen-bond donors (Lipinski definition) is 2. The summed E-state index contributed by atoms with van der Waals surface area (Å²) >= 11 is 0. The third-order valence-corrected chi connectivity index (χ3v) is 2.59. The van der Waals surface area contributed by atoms with Crippen LogP contribution >= 0.6 is 0 Å². The monoisotopic (exact) mass is 172 g/mol. The molecule has 70 valence electrons. The molecule has 0 spiro atoms. The standard InChI is InChI=1S/C8H16N2O2/c1-2-6-5-10(8(11)12)4-3-7(6)9/h6-7H,2-5,9H2,1H3,(H,11,12)/t6-,7-/m1/s1. The summed E-state index contributed by atoms with van der Waals surface area (Å²) in [5, 5.41) is 8.72. The van der Waals surface area contributed by atoms with E-state index >= 15 is 0 Å². The summed E-state index contributed by atoms with van der Waals surface area (Å²) in [5.74, 6) is 0.342. The van der Waals surface area contributed by atoms with Gasteiger partial charge in [0.15, 0.2) is 0 Å². The lowest BCUT2D eigenvalue weighted by Gasteiger charge is -2.34. The number of likely N-dealkylation sites (tertiary alicyclic amines) is 1. The molecule has 1 aliphatic rings. The molecule has 0 saturated carbocycles. The third kappa shape index (κ3) is 1.88. The lowest BCUT2D eigenvalue weighted by atomic mass is 9.91. The number of piperidine rings is 1. The van der Waals surface area contributed by atoms with Gasteiger partial charge in [0.05, 0.1) is 0 Å². The van der Waals surface area contributed by atoms with E-state index in [1.165, 1.54) is 4.90 Å². The highest BCUT2D eigenvalue weighted by Gasteiger charge is 2.27. The van der Waals surface area contributed by atoms with E-state index in [0.717, 1.165) is 12.8 Å². The van der Waals surface area contributed by atoms with Gasteiger partial charge in [0, 0.05) is 19.1 Å². The molecular weight excluding hydrogens is 156 g/mol. The van der Waals surface area contributed by atoms with Crippen molar-refractivity contribution >= 4 is 6.09 Å². The van der Waals surface area contributed by atoms with E-state index < -0.39 is 6.09 Å². The molecule has 0 aromatic carbocycles. The Hall–Kier alpha value is -0.770. The Bertz CT molecular complexity index is 172. The first-order valence-electron chi connectivity index (χ1n) is 4.38. The van der Waals surface area contributed by atoms with Crippen LogP contribution in [-0.2, 0) is 0 Å². The zero-order valence-electron chi connectivity index (χ0n) is 7.36. The minimum Gasteiger partial charge on any atom is -0.465 e. The largest absolute Gasteiger partial charge is 0.465 e. The maximum Gasteiger partial charge on any atom is 0.407 e. The van der Waals surface area contributed by atoms with Crippen LogP contribution in [-0.4, -0.2) is 35.2 Å². The molecule has 1 heterocycles. The van der Waals surface area contributed by atoms with Crippen molar-refractivity contribution < 1.29 is 9.90 Å². The van der Waals surface area contributed by atoms with Crippen molar-refractivity contribution in [2.75, 3.05) is 13.1 Å². The predicted molar refractivity (Wildman–Crippen MR) is 46.0 cm³/mol. The van der Waals surface area contributed by atoms with Gasteiger partial charge in [-0.1, -0.05) is 13.3 Å². The smallest absolute Gasteiger partial charge is 0.407 e. The van der Waals surface area contributed by atoms with E-state index in [4.69, 9.17) is 10.8 Å². The first kappa shape index (κ1) is 9.32. The molecule has 0 radical (unpaired) electrons. The van der Waals surface area contributed by atoms with Gasteiger partial charge in [-0.2, -0.15) is 0 Å². The van der Waals surface area contributed by atoms with Crippen molar-refractivity contribution in [2.24, 2.45) is 11.7 Å². The molecule has 4 heteroatoms. The fourth-order valence-electron chi connectivity index (χ4n) is 1.66. The number of nitrogens with zero attached hydrogens (tertiary/aromatic N) is 1. The molecule has 0 bridgehead atoms. The van der Waals surface area contributed by atoms with Crippen molar-refractivity contribution in [2.45, 2.75) is 25.8 Å². The first-order chi connectivity index (χ1) is 5.65. The van der Waals surface area contributed by atoms with E-state index in [1.54, 1.807) is 0 Å². The van der Waals surface area contributed by atoms with E-state index in [1.807, 2.05) is 0 Å². The highest BCUT2D eigenvalue weighted by Crippen LogP contribution is 2.18. The molecule has 4 nitrogen and oxygen atoms in total. The summed E-state index contributed by atoms with van der Waals surface area (Å²) in [4.78, 5) is 12.1. The van der Waals surface area contributed by atoms with Crippen LogP contribution in [0.4, 0.5) is 4.79 Å². The maximum absolute atomic E-state index is 10.6. The topological polar surface area (TPSA) is 66.6 Å². The van der Waals surface area contributed by atoms with E-state index in [-0.39, 0.29) is 6.04 Å². The molecule has 0 aliphatic carbocycles. The molecule has 1 amide bonds. The maximum atomic E-state index is 10.6. The molecule has 12 heavy (non-hydrogen) atoms. The number of carbonyl (C=O) groups is 1. The summed E-state index contributed by atoms with van der Waals surface area (Å²) in [6, 6.07) is 0.186. The second-order valence-electron chi connectivity index (χ2n) is 3.35. The van der Waals surface area contributed by atoms with E-state index in [2.05, 4.69) is 6.92 Å². The van der Waals surface area contributed by atoms with Crippen molar-refractivity contribution in [3.8, 4) is 0 Å². The molecule has 1 rings (SSSR count). The van der Waals surface area contributed by atoms with Crippen molar-refractivity contribution in [3.63, 3.8) is 0 Å². The molecule has 0 aromatic heterocycles. The predicted octanol–water partition coefficient (Wildman–Crippen LogP) is 0.724. The van der Waals surface area contributed by atoms with Crippen LogP contribution in [0.15, 0.2) is 0 Å². The SMILES string of the molecule is CC[C@@H]1CN(C(=O)O)CC[C@H]1N. The summed E-state index contributed by atoms with van der Waals surface area (Å²) in [6.07, 6.45) is 0.941. The Morgan fingerprint density at radius 1 is 1.75 bits per heavy atom. The van der Waals surface area contributed by atoms with Crippen molar-refractivity contribution in [1.82, 2.24) is 4.90 Å². The van der Waals surface area contributed by atoms with E-state index in [9.17, 15) is 4.79 Å². The molecule has 1 saturated heterocycles. The van der Waals surface area contributed by atoms with Crippen molar-refractivity contribution in [1.29, 1.82) is 0 Å². The lowest BCUT2D eigenvalue weighted by Crippen LogP contribution is -2.48. The van der Waals surface area contributed by atoms with Gasteiger partial charge in [-0.15, -0.1) is 0 Å². The van der Waals surface area contributed by atoms with Gasteiger partial charge in [0.1, 0.15) is 0 Å². The van der Waals surface area contributed by atoms with Gasteiger partial charge >= 0.3 is 6.09 Å². The third-order valence-electron chi connectivity index (χ3n) is 2.59. The number of carboxylic acid groups (broad SMARTS) is 1. The summed E-state index contributed by atoms with van der Waals surface area (Å²) in [7, 11) is 0. The summed E-state index contributed by atoms with van der Waals surface area (Å²) in [6.45, 7) is 3.25. The Morgan fingerprint density at radius 3 is 2.92 bits per heavy atom. The van der Waals surface area contributed by atoms with Crippen LogP contribution in [0, 0.1) is 5.92 Å². The number of hydrogen-bond acceptors (Lipinski definition) is 2. The van der Waals surface area contributed by atoms with Gasteiger partial charge in [0.25, 0.3) is 0 Å². The fraction of sp³-hybridized carbons (Fsp3) is 0.875. The lowest BCUT2D eigenvalue weighted by molar-refractivity contribution is 0.112. The van der Waals surface area contributed by atoms with Crippen LogP contribution < -0.4 is 5.73 Å². The fourth-order valence-corrected chi connectivity index (χ4v) is 1.66. The van der Waals surface area contributed by atoms with Gasteiger partial charge in [0.2, 0.25) is 0 Å². The van der Waals surface area contributed by atoms with Crippen LogP contribution in [0.1, 0.15) is 19.8 Å². The Balaban J connectivity index is 2.49. The highest BCUT2D eigenvalue weighted by molar-refractivity contribution is 5.65. The molecule has 1 fully saturated rings. The van der Waals surface area contributed by atoms with Gasteiger partial charge in [-0.05, 0) is 12.3 Å². The van der Waals surface area contributed by atoms with Gasteiger partial charge in [-0.25, -0.2) is 4.79 Å². The minimum absolute atomic E-state index is 0.186. The summed E-state index contributed by atoms with van der Waals surface area (Å²) < 4.78 is 0. The average Bonchev–Trinajstić information content (AvgIpc) is 2.05.